The highest BCUT2D eigenvalue weighted by atomic mass is 19.2. The van der Waals surface area contributed by atoms with Crippen LogP contribution in [0.1, 0.15) is 80.1 Å². The van der Waals surface area contributed by atoms with Crippen LogP contribution in [-0.4, -0.2) is 23.8 Å². The van der Waals surface area contributed by atoms with Crippen molar-refractivity contribution in [2.24, 2.45) is 5.92 Å². The lowest BCUT2D eigenvalue weighted by Crippen LogP contribution is -2.25. The Bertz CT molecular complexity index is 1380. The third kappa shape index (κ3) is 7.21. The van der Waals surface area contributed by atoms with Gasteiger partial charge in [-0.25, -0.2) is 18.0 Å². The van der Waals surface area contributed by atoms with Crippen molar-refractivity contribution < 1.29 is 36.9 Å². The summed E-state index contributed by atoms with van der Waals surface area (Å²) < 4.78 is 69.7. The number of carbonyl (C=O) groups excluding carboxylic acids is 1. The maximum atomic E-state index is 15.2. The Hall–Kier alpha value is -3.65. The summed E-state index contributed by atoms with van der Waals surface area (Å²) >= 11 is 0. The van der Waals surface area contributed by atoms with Gasteiger partial charge in [0.15, 0.2) is 23.2 Å². The van der Waals surface area contributed by atoms with E-state index in [2.05, 4.69) is 6.58 Å². The van der Waals surface area contributed by atoms with E-state index in [0.29, 0.717) is 36.8 Å². The fourth-order valence-electron chi connectivity index (χ4n) is 5.52. The van der Waals surface area contributed by atoms with Crippen LogP contribution in [0, 0.1) is 29.2 Å². The van der Waals surface area contributed by atoms with Gasteiger partial charge in [0.25, 0.3) is 0 Å². The summed E-state index contributed by atoms with van der Waals surface area (Å²) in [6.45, 7) is 5.77. The van der Waals surface area contributed by atoms with Crippen LogP contribution in [0.5, 0.6) is 11.5 Å². The molecule has 0 heterocycles. The second-order valence-electron chi connectivity index (χ2n) is 10.7. The molecule has 0 aromatic heterocycles. The normalized spacial score (nSPS) is 17.5. The molecular formula is C34H36F4O4. The summed E-state index contributed by atoms with van der Waals surface area (Å²) in [5.41, 5.74) is 0.151. The quantitative estimate of drug-likeness (QED) is 0.0759. The van der Waals surface area contributed by atoms with Crippen molar-refractivity contribution in [2.75, 3.05) is 6.61 Å². The Kier molecular flexibility index (Phi) is 10.8. The molecule has 0 aliphatic heterocycles. The van der Waals surface area contributed by atoms with Crippen molar-refractivity contribution in [3.8, 4) is 22.6 Å². The van der Waals surface area contributed by atoms with Gasteiger partial charge in [0.2, 0.25) is 5.82 Å². The monoisotopic (exact) mass is 584 g/mol. The Morgan fingerprint density at radius 2 is 1.67 bits per heavy atom. The molecule has 42 heavy (non-hydrogen) atoms. The summed E-state index contributed by atoms with van der Waals surface area (Å²) in [6, 6.07) is 11.0. The summed E-state index contributed by atoms with van der Waals surface area (Å²) in [6.07, 6.45) is 7.17. The molecule has 224 valence electrons. The SMILES string of the molecule is C=CCCCOc1ccc(C(=O)Oc2ccc(-c3ccc(C4CCC(C(O)CCC)CC4)c(F)c3F)cc2)c(F)c1F. The van der Waals surface area contributed by atoms with Crippen molar-refractivity contribution in [3.05, 3.63) is 95.6 Å². The van der Waals surface area contributed by atoms with Gasteiger partial charge in [0.05, 0.1) is 18.3 Å². The number of allylic oxidation sites excluding steroid dienone is 1. The minimum atomic E-state index is -1.39. The molecule has 1 aliphatic rings. The number of aliphatic hydroxyl groups excluding tert-OH is 1. The summed E-state index contributed by atoms with van der Waals surface area (Å²) in [7, 11) is 0. The van der Waals surface area contributed by atoms with Gasteiger partial charge >= 0.3 is 5.97 Å². The molecule has 4 rings (SSSR count). The second-order valence-corrected chi connectivity index (χ2v) is 10.7. The molecule has 0 saturated heterocycles. The fourth-order valence-corrected chi connectivity index (χ4v) is 5.52. The van der Waals surface area contributed by atoms with E-state index in [-0.39, 0.29) is 41.6 Å². The molecular weight excluding hydrogens is 548 g/mol. The minimum absolute atomic E-state index is 0.0211. The highest BCUT2D eigenvalue weighted by Crippen LogP contribution is 2.40. The Morgan fingerprint density at radius 3 is 2.33 bits per heavy atom. The first kappa shape index (κ1) is 31.3. The molecule has 3 aromatic carbocycles. The van der Waals surface area contributed by atoms with E-state index in [4.69, 9.17) is 9.47 Å². The van der Waals surface area contributed by atoms with E-state index >= 15 is 8.78 Å². The highest BCUT2D eigenvalue weighted by molar-refractivity contribution is 5.91. The summed E-state index contributed by atoms with van der Waals surface area (Å²) in [4.78, 5) is 12.5. The summed E-state index contributed by atoms with van der Waals surface area (Å²) in [5.74, 6) is -5.84. The first-order chi connectivity index (χ1) is 20.2. The van der Waals surface area contributed by atoms with Gasteiger partial charge in [-0.3, -0.25) is 0 Å². The van der Waals surface area contributed by atoms with Crippen LogP contribution in [0.15, 0.2) is 61.2 Å². The van der Waals surface area contributed by atoms with Crippen LogP contribution < -0.4 is 9.47 Å². The third-order valence-electron chi connectivity index (χ3n) is 7.91. The van der Waals surface area contributed by atoms with Gasteiger partial charge in [-0.1, -0.05) is 43.7 Å². The van der Waals surface area contributed by atoms with Crippen molar-refractivity contribution in [2.45, 2.75) is 70.3 Å². The molecule has 3 aromatic rings. The number of benzene rings is 3. The lowest BCUT2D eigenvalue weighted by Gasteiger charge is -2.32. The van der Waals surface area contributed by atoms with Gasteiger partial charge in [-0.05, 0) is 92.2 Å². The average molecular weight is 585 g/mol. The van der Waals surface area contributed by atoms with Crippen LogP contribution in [0.2, 0.25) is 0 Å². The molecule has 0 amide bonds. The highest BCUT2D eigenvalue weighted by Gasteiger charge is 2.29. The van der Waals surface area contributed by atoms with E-state index in [0.717, 1.165) is 37.8 Å². The molecule has 0 bridgehead atoms. The zero-order valence-corrected chi connectivity index (χ0v) is 23.7. The molecule has 1 saturated carbocycles. The topological polar surface area (TPSA) is 55.8 Å². The minimum Gasteiger partial charge on any atom is -0.490 e. The number of carbonyl (C=O) groups is 1. The number of esters is 1. The van der Waals surface area contributed by atoms with Crippen LogP contribution >= 0.6 is 0 Å². The number of aliphatic hydroxyl groups is 1. The summed E-state index contributed by atoms with van der Waals surface area (Å²) in [5, 5.41) is 10.3. The van der Waals surface area contributed by atoms with Crippen molar-refractivity contribution in [1.29, 1.82) is 0 Å². The predicted octanol–water partition coefficient (Wildman–Crippen LogP) is 8.91. The van der Waals surface area contributed by atoms with Gasteiger partial charge < -0.3 is 14.6 Å². The van der Waals surface area contributed by atoms with Crippen LogP contribution in [0.25, 0.3) is 11.1 Å². The first-order valence-electron chi connectivity index (χ1n) is 14.4. The number of hydrogen-bond donors (Lipinski definition) is 1. The second kappa shape index (κ2) is 14.5. The number of halogens is 4. The average Bonchev–Trinajstić information content (AvgIpc) is 2.99. The first-order valence-corrected chi connectivity index (χ1v) is 14.4. The van der Waals surface area contributed by atoms with Crippen molar-refractivity contribution in [1.82, 2.24) is 0 Å². The molecule has 1 atom stereocenters. The number of hydrogen-bond acceptors (Lipinski definition) is 4. The Morgan fingerprint density at radius 1 is 0.952 bits per heavy atom. The molecule has 1 aliphatic carbocycles. The van der Waals surface area contributed by atoms with E-state index in [9.17, 15) is 18.7 Å². The molecule has 0 spiro atoms. The number of ether oxygens (including phenoxy) is 2. The fraction of sp³-hybridized carbons (Fsp3) is 0.382. The maximum absolute atomic E-state index is 15.2. The van der Waals surface area contributed by atoms with Gasteiger partial charge in [-0.15, -0.1) is 6.58 Å². The Balaban J connectivity index is 1.41. The molecule has 4 nitrogen and oxygen atoms in total. The number of rotatable bonds is 12. The van der Waals surface area contributed by atoms with Crippen molar-refractivity contribution in [3.63, 3.8) is 0 Å². The zero-order valence-electron chi connectivity index (χ0n) is 23.7. The van der Waals surface area contributed by atoms with E-state index in [1.165, 1.54) is 30.3 Å². The van der Waals surface area contributed by atoms with E-state index in [1.807, 2.05) is 6.92 Å². The molecule has 1 fully saturated rings. The standard InChI is InChI=1S/C34H36F4O4/c1-3-5-6-20-41-29-19-18-27(32(37)33(29)38)34(40)42-24-14-12-22(13-15-24)26-17-16-25(30(35)31(26)36)21-8-10-23(11-9-21)28(39)7-4-2/h3,12-19,21,23,28,39H,1,4-11,20H2,2H3. The van der Waals surface area contributed by atoms with Gasteiger partial charge in [0.1, 0.15) is 5.75 Å². The lowest BCUT2D eigenvalue weighted by molar-refractivity contribution is 0.0723. The number of unbranched alkanes of at least 4 members (excludes halogenated alkanes) is 1. The molecule has 1 unspecified atom stereocenters. The van der Waals surface area contributed by atoms with Crippen LogP contribution in [0.4, 0.5) is 17.6 Å². The van der Waals surface area contributed by atoms with Crippen LogP contribution in [0.3, 0.4) is 0 Å². The molecule has 0 radical (unpaired) electrons. The van der Waals surface area contributed by atoms with Gasteiger partial charge in [-0.2, -0.15) is 4.39 Å². The largest absolute Gasteiger partial charge is 0.490 e. The Labute approximate surface area is 244 Å². The third-order valence-corrected chi connectivity index (χ3v) is 7.91. The molecule has 8 heteroatoms. The predicted molar refractivity (Wildman–Crippen MR) is 154 cm³/mol. The zero-order chi connectivity index (χ0) is 30.2. The molecule has 1 N–H and O–H groups in total. The smallest absolute Gasteiger partial charge is 0.346 e. The lowest BCUT2D eigenvalue weighted by atomic mass is 9.75. The van der Waals surface area contributed by atoms with E-state index < -0.39 is 34.8 Å². The van der Waals surface area contributed by atoms with Crippen molar-refractivity contribution >= 4 is 5.97 Å². The van der Waals surface area contributed by atoms with Gasteiger partial charge in [0, 0.05) is 5.56 Å². The maximum Gasteiger partial charge on any atom is 0.346 e. The van der Waals surface area contributed by atoms with E-state index in [1.54, 1.807) is 12.1 Å². The van der Waals surface area contributed by atoms with Crippen LogP contribution in [-0.2, 0) is 0 Å².